The number of hydrogen-bond donors (Lipinski definition) is 0. The number of carbonyl (C=O) groups excluding carboxylic acids is 3. The van der Waals surface area contributed by atoms with Gasteiger partial charge in [-0.05, 0) is 79.7 Å². The maximum absolute atomic E-state index is 10.8. The van der Waals surface area contributed by atoms with Gasteiger partial charge in [-0.1, -0.05) is 0 Å². The van der Waals surface area contributed by atoms with Gasteiger partial charge in [0.25, 0.3) is 0 Å². The molecule has 3 rings (SSSR count). The Morgan fingerprint density at radius 3 is 1.00 bits per heavy atom. The second-order valence-corrected chi connectivity index (χ2v) is 7.74. The standard InChI is InChI=1S/C26H24O6/c1-26(17-30-23-8-2-20(14-27)3-9-23,18-31-24-10-4-21(15-28)5-11-24)19-32-25-12-6-22(16-29)7-13-25/h2-16H,17-19H2,1H3. The monoisotopic (exact) mass is 432 g/mol. The lowest BCUT2D eigenvalue weighted by molar-refractivity contribution is 0.0473. The Labute approximate surface area is 186 Å². The third-order valence-corrected chi connectivity index (χ3v) is 4.81. The molecule has 0 amide bonds. The highest BCUT2D eigenvalue weighted by atomic mass is 16.5. The summed E-state index contributed by atoms with van der Waals surface area (Å²) in [6.45, 7) is 2.87. The normalized spacial score (nSPS) is 10.8. The molecule has 0 radical (unpaired) electrons. The van der Waals surface area contributed by atoms with E-state index in [9.17, 15) is 14.4 Å². The maximum atomic E-state index is 10.8. The maximum Gasteiger partial charge on any atom is 0.150 e. The highest BCUT2D eigenvalue weighted by Gasteiger charge is 2.28. The second kappa shape index (κ2) is 10.9. The van der Waals surface area contributed by atoms with Gasteiger partial charge in [0.15, 0.2) is 0 Å². The van der Waals surface area contributed by atoms with Crippen molar-refractivity contribution in [3.05, 3.63) is 89.5 Å². The largest absolute Gasteiger partial charge is 0.493 e. The summed E-state index contributed by atoms with van der Waals surface area (Å²) in [5.74, 6) is 1.90. The summed E-state index contributed by atoms with van der Waals surface area (Å²) in [5.41, 5.74) is 1.19. The summed E-state index contributed by atoms with van der Waals surface area (Å²) in [5, 5.41) is 0. The molecule has 0 atom stereocenters. The van der Waals surface area contributed by atoms with Crippen LogP contribution in [0.25, 0.3) is 0 Å². The molecule has 3 aromatic carbocycles. The van der Waals surface area contributed by atoms with Crippen LogP contribution in [-0.2, 0) is 0 Å². The van der Waals surface area contributed by atoms with Crippen molar-refractivity contribution in [1.82, 2.24) is 0 Å². The van der Waals surface area contributed by atoms with E-state index in [2.05, 4.69) is 0 Å². The molecule has 0 heterocycles. The van der Waals surface area contributed by atoms with Crippen LogP contribution in [0.4, 0.5) is 0 Å². The van der Waals surface area contributed by atoms with Crippen LogP contribution in [0.15, 0.2) is 72.8 Å². The zero-order chi connectivity index (χ0) is 22.8. The third kappa shape index (κ3) is 6.54. The van der Waals surface area contributed by atoms with E-state index < -0.39 is 5.41 Å². The summed E-state index contributed by atoms with van der Waals surface area (Å²) in [4.78, 5) is 32.5. The van der Waals surface area contributed by atoms with E-state index in [0.29, 0.717) is 53.8 Å². The van der Waals surface area contributed by atoms with Crippen LogP contribution in [0, 0.1) is 5.41 Å². The zero-order valence-corrected chi connectivity index (χ0v) is 17.7. The molecular weight excluding hydrogens is 408 g/mol. The predicted octanol–water partition coefficient (Wildman–Crippen LogP) is 4.67. The molecule has 0 fully saturated rings. The quantitative estimate of drug-likeness (QED) is 0.387. The minimum atomic E-state index is -0.532. The van der Waals surface area contributed by atoms with Crippen LogP contribution in [0.3, 0.4) is 0 Å². The SMILES string of the molecule is CC(COc1ccc(C=O)cc1)(COc1ccc(C=O)cc1)COc1ccc(C=O)cc1. The number of aldehydes is 3. The summed E-state index contributed by atoms with van der Waals surface area (Å²) >= 11 is 0. The fraction of sp³-hybridized carbons (Fsp3) is 0.192. The Morgan fingerprint density at radius 2 is 0.781 bits per heavy atom. The summed E-state index contributed by atoms with van der Waals surface area (Å²) < 4.78 is 17.9. The van der Waals surface area contributed by atoms with E-state index in [-0.39, 0.29) is 0 Å². The molecule has 0 aliphatic heterocycles. The molecule has 164 valence electrons. The first kappa shape index (κ1) is 22.7. The fourth-order valence-corrected chi connectivity index (χ4v) is 2.83. The average Bonchev–Trinajstić information content (AvgIpc) is 2.86. The lowest BCUT2D eigenvalue weighted by atomic mass is 9.94. The number of hydrogen-bond acceptors (Lipinski definition) is 6. The second-order valence-electron chi connectivity index (χ2n) is 7.74. The topological polar surface area (TPSA) is 78.9 Å². The number of benzene rings is 3. The highest BCUT2D eigenvalue weighted by molar-refractivity contribution is 5.75. The van der Waals surface area contributed by atoms with Crippen LogP contribution < -0.4 is 14.2 Å². The fourth-order valence-electron chi connectivity index (χ4n) is 2.83. The number of ether oxygens (including phenoxy) is 3. The Morgan fingerprint density at radius 1 is 0.531 bits per heavy atom. The van der Waals surface area contributed by atoms with E-state index >= 15 is 0 Å². The Hall–Kier alpha value is -3.93. The van der Waals surface area contributed by atoms with E-state index in [0.717, 1.165) is 18.9 Å². The van der Waals surface area contributed by atoms with Crippen LogP contribution in [0.2, 0.25) is 0 Å². The molecule has 6 nitrogen and oxygen atoms in total. The van der Waals surface area contributed by atoms with Gasteiger partial charge >= 0.3 is 0 Å². The van der Waals surface area contributed by atoms with Gasteiger partial charge in [0.2, 0.25) is 0 Å². The van der Waals surface area contributed by atoms with E-state index in [4.69, 9.17) is 14.2 Å². The molecule has 0 bridgehead atoms. The molecule has 0 aromatic heterocycles. The van der Waals surface area contributed by atoms with Gasteiger partial charge in [-0.25, -0.2) is 0 Å². The summed E-state index contributed by atoms with van der Waals surface area (Å²) in [7, 11) is 0. The summed E-state index contributed by atoms with van der Waals surface area (Å²) in [6.07, 6.45) is 2.34. The molecule has 0 N–H and O–H groups in total. The molecule has 0 saturated heterocycles. The third-order valence-electron chi connectivity index (χ3n) is 4.81. The van der Waals surface area contributed by atoms with Gasteiger partial charge < -0.3 is 14.2 Å². The molecule has 0 saturated carbocycles. The Bertz CT molecular complexity index is 889. The van der Waals surface area contributed by atoms with E-state index in [1.54, 1.807) is 72.8 Å². The first-order valence-corrected chi connectivity index (χ1v) is 10.1. The number of carbonyl (C=O) groups is 3. The van der Waals surface area contributed by atoms with Crippen molar-refractivity contribution < 1.29 is 28.6 Å². The first-order chi connectivity index (χ1) is 15.5. The van der Waals surface area contributed by atoms with Crippen molar-refractivity contribution in [2.75, 3.05) is 19.8 Å². The van der Waals surface area contributed by atoms with Gasteiger partial charge in [0.05, 0.1) is 5.41 Å². The van der Waals surface area contributed by atoms with Gasteiger partial charge in [-0.15, -0.1) is 0 Å². The van der Waals surface area contributed by atoms with Crippen LogP contribution in [-0.4, -0.2) is 38.7 Å². The van der Waals surface area contributed by atoms with Gasteiger partial charge in [-0.3, -0.25) is 14.4 Å². The van der Waals surface area contributed by atoms with Crippen molar-refractivity contribution in [2.45, 2.75) is 6.92 Å². The van der Waals surface area contributed by atoms with Crippen molar-refractivity contribution in [3.8, 4) is 17.2 Å². The zero-order valence-electron chi connectivity index (χ0n) is 17.7. The van der Waals surface area contributed by atoms with Crippen LogP contribution >= 0.6 is 0 Å². The van der Waals surface area contributed by atoms with Crippen LogP contribution in [0.5, 0.6) is 17.2 Å². The molecular formula is C26H24O6. The highest BCUT2D eigenvalue weighted by Crippen LogP contribution is 2.24. The van der Waals surface area contributed by atoms with Gasteiger partial charge in [-0.2, -0.15) is 0 Å². The Balaban J connectivity index is 1.68. The average molecular weight is 432 g/mol. The van der Waals surface area contributed by atoms with Crippen molar-refractivity contribution in [1.29, 1.82) is 0 Å². The lowest BCUT2D eigenvalue weighted by Gasteiger charge is -2.29. The Kier molecular flexibility index (Phi) is 7.75. The molecule has 0 spiro atoms. The predicted molar refractivity (Wildman–Crippen MR) is 120 cm³/mol. The molecule has 6 heteroatoms. The molecule has 0 aliphatic rings. The molecule has 0 aliphatic carbocycles. The summed E-state index contributed by atoms with van der Waals surface area (Å²) in [6, 6.07) is 20.6. The van der Waals surface area contributed by atoms with Crippen molar-refractivity contribution in [3.63, 3.8) is 0 Å². The first-order valence-electron chi connectivity index (χ1n) is 10.1. The van der Waals surface area contributed by atoms with Crippen molar-refractivity contribution >= 4 is 18.9 Å². The number of rotatable bonds is 12. The van der Waals surface area contributed by atoms with E-state index in [1.807, 2.05) is 6.92 Å². The molecule has 3 aromatic rings. The minimum Gasteiger partial charge on any atom is -0.493 e. The van der Waals surface area contributed by atoms with Gasteiger partial charge in [0, 0.05) is 16.7 Å². The molecule has 0 unspecified atom stereocenters. The van der Waals surface area contributed by atoms with Crippen molar-refractivity contribution in [2.24, 2.45) is 5.41 Å². The van der Waals surface area contributed by atoms with Gasteiger partial charge in [0.1, 0.15) is 55.9 Å². The smallest absolute Gasteiger partial charge is 0.150 e. The minimum absolute atomic E-state index is 0.298. The molecule has 32 heavy (non-hydrogen) atoms. The van der Waals surface area contributed by atoms with E-state index in [1.165, 1.54) is 0 Å². The van der Waals surface area contributed by atoms with Crippen LogP contribution in [0.1, 0.15) is 38.0 Å². The lowest BCUT2D eigenvalue weighted by Crippen LogP contribution is -2.37.